The fraction of sp³-hybridized carbons (Fsp3) is 0. The van der Waals surface area contributed by atoms with Crippen molar-refractivity contribution in [3.05, 3.63) is 27.7 Å². The smallest absolute Gasteiger partial charge is 0.254 e. The molecule has 5 heteroatoms. The van der Waals surface area contributed by atoms with E-state index in [0.717, 1.165) is 0 Å². The second-order valence-electron chi connectivity index (χ2n) is 2.03. The summed E-state index contributed by atoms with van der Waals surface area (Å²) in [5.41, 5.74) is 0.0419. The molecule has 0 aromatic heterocycles. The summed E-state index contributed by atoms with van der Waals surface area (Å²) in [5, 5.41) is 8.39. The Balaban J connectivity index is 3.36. The van der Waals surface area contributed by atoms with Crippen molar-refractivity contribution in [2.75, 3.05) is 0 Å². The lowest BCUT2D eigenvalue weighted by Gasteiger charge is -2.02. The Bertz CT molecular complexity index is 336. The van der Waals surface area contributed by atoms with Gasteiger partial charge in [-0.25, -0.2) is 0 Å². The largest absolute Gasteiger partial charge is 0.505 e. The molecule has 0 bridgehead atoms. The van der Waals surface area contributed by atoms with Crippen LogP contribution in [0.15, 0.2) is 12.1 Å². The van der Waals surface area contributed by atoms with Gasteiger partial charge in [0, 0.05) is 0 Å². The highest BCUT2D eigenvalue weighted by Crippen LogP contribution is 2.34. The molecule has 0 atom stereocenters. The van der Waals surface area contributed by atoms with E-state index >= 15 is 0 Å². The van der Waals surface area contributed by atoms with Gasteiger partial charge in [-0.05, 0) is 23.7 Å². The number of phenolic OH excluding ortho intramolecular Hbond substituents is 1. The zero-order chi connectivity index (χ0) is 9.30. The minimum Gasteiger partial charge on any atom is -0.505 e. The van der Waals surface area contributed by atoms with Crippen molar-refractivity contribution in [1.82, 2.24) is 0 Å². The molecule has 1 rings (SSSR count). The Hall–Kier alpha value is -0.440. The molecule has 64 valence electrons. The first-order chi connectivity index (χ1) is 5.54. The molecule has 0 spiro atoms. The van der Waals surface area contributed by atoms with Crippen LogP contribution in [0.5, 0.6) is 5.75 Å². The summed E-state index contributed by atoms with van der Waals surface area (Å²) < 4.78 is 0. The molecule has 0 saturated heterocycles. The van der Waals surface area contributed by atoms with Crippen molar-refractivity contribution >= 4 is 40.0 Å². The molecule has 0 aliphatic carbocycles. The molecule has 1 N–H and O–H groups in total. The van der Waals surface area contributed by atoms with E-state index in [9.17, 15) is 4.79 Å². The second-order valence-corrected chi connectivity index (χ2v) is 3.16. The minimum absolute atomic E-state index is 0.0419. The molecule has 0 aliphatic heterocycles. The Kier molecular flexibility index (Phi) is 2.83. The average Bonchev–Trinajstić information content (AvgIpc) is 2.00. The van der Waals surface area contributed by atoms with Crippen LogP contribution in [0, 0.1) is 0 Å². The minimum atomic E-state index is -0.730. The van der Waals surface area contributed by atoms with E-state index in [4.69, 9.17) is 39.9 Å². The number of aromatic hydroxyl groups is 1. The van der Waals surface area contributed by atoms with E-state index < -0.39 is 5.24 Å². The van der Waals surface area contributed by atoms with Crippen molar-refractivity contribution in [1.29, 1.82) is 0 Å². The summed E-state index contributed by atoms with van der Waals surface area (Å²) in [6.45, 7) is 0. The fourth-order valence-corrected chi connectivity index (χ4v) is 1.36. The maximum absolute atomic E-state index is 10.7. The first-order valence-corrected chi connectivity index (χ1v) is 4.04. The first kappa shape index (κ1) is 9.65. The lowest BCUT2D eigenvalue weighted by molar-refractivity contribution is 0.108. The van der Waals surface area contributed by atoms with Gasteiger partial charge in [-0.3, -0.25) is 4.79 Å². The van der Waals surface area contributed by atoms with Gasteiger partial charge in [0.15, 0.2) is 5.75 Å². The summed E-state index contributed by atoms with van der Waals surface area (Å²) in [6.07, 6.45) is 0. The Morgan fingerprint density at radius 2 is 1.92 bits per heavy atom. The quantitative estimate of drug-likeness (QED) is 0.746. The second kappa shape index (κ2) is 3.52. The number of hydrogen-bond acceptors (Lipinski definition) is 2. The van der Waals surface area contributed by atoms with Crippen molar-refractivity contribution in [2.24, 2.45) is 0 Å². The van der Waals surface area contributed by atoms with E-state index in [2.05, 4.69) is 0 Å². The number of hydrogen-bond donors (Lipinski definition) is 1. The van der Waals surface area contributed by atoms with Gasteiger partial charge in [-0.15, -0.1) is 0 Å². The average molecular weight is 225 g/mol. The van der Waals surface area contributed by atoms with Crippen LogP contribution < -0.4 is 0 Å². The van der Waals surface area contributed by atoms with Crippen molar-refractivity contribution in [2.45, 2.75) is 0 Å². The first-order valence-electron chi connectivity index (χ1n) is 2.91. The molecule has 0 unspecified atom stereocenters. The van der Waals surface area contributed by atoms with Gasteiger partial charge in [0.05, 0.1) is 15.6 Å². The highest BCUT2D eigenvalue weighted by atomic mass is 35.5. The predicted octanol–water partition coefficient (Wildman–Crippen LogP) is 3.08. The highest BCUT2D eigenvalue weighted by molar-refractivity contribution is 6.69. The standard InChI is InChI=1S/C7H3Cl3O2/c8-4-2-1-3(7(10)12)5(9)6(4)11/h1-2,11H. The van der Waals surface area contributed by atoms with Gasteiger partial charge in [-0.2, -0.15) is 0 Å². The predicted molar refractivity (Wildman–Crippen MR) is 48.3 cm³/mol. The van der Waals surface area contributed by atoms with Gasteiger partial charge in [0.2, 0.25) is 0 Å². The van der Waals surface area contributed by atoms with E-state index in [1.54, 1.807) is 0 Å². The molecule has 1 aromatic rings. The van der Waals surface area contributed by atoms with Crippen molar-refractivity contribution in [3.63, 3.8) is 0 Å². The Labute approximate surface area is 83.7 Å². The van der Waals surface area contributed by atoms with Gasteiger partial charge in [0.25, 0.3) is 5.24 Å². The number of rotatable bonds is 1. The number of halogens is 3. The topological polar surface area (TPSA) is 37.3 Å². The van der Waals surface area contributed by atoms with E-state index in [1.165, 1.54) is 12.1 Å². The molecule has 0 radical (unpaired) electrons. The van der Waals surface area contributed by atoms with Gasteiger partial charge in [-0.1, -0.05) is 23.2 Å². The van der Waals surface area contributed by atoms with Crippen LogP contribution >= 0.6 is 34.8 Å². The van der Waals surface area contributed by atoms with Crippen LogP contribution in [-0.4, -0.2) is 10.3 Å². The fourth-order valence-electron chi connectivity index (χ4n) is 0.693. The lowest BCUT2D eigenvalue weighted by Crippen LogP contribution is -1.90. The molecule has 0 saturated carbocycles. The van der Waals surface area contributed by atoms with Crippen molar-refractivity contribution in [3.8, 4) is 5.75 Å². The zero-order valence-corrected chi connectivity index (χ0v) is 7.91. The van der Waals surface area contributed by atoms with Gasteiger partial charge in [0.1, 0.15) is 0 Å². The molecule has 1 aromatic carbocycles. The summed E-state index contributed by atoms with van der Waals surface area (Å²) in [6, 6.07) is 2.69. The van der Waals surface area contributed by atoms with Crippen LogP contribution in [0.25, 0.3) is 0 Å². The normalized spacial score (nSPS) is 9.92. The molecule has 0 aliphatic rings. The number of carbonyl (C=O) groups is 1. The third-order valence-electron chi connectivity index (χ3n) is 1.28. The summed E-state index contributed by atoms with van der Waals surface area (Å²) in [5.74, 6) is -0.329. The van der Waals surface area contributed by atoms with Crippen molar-refractivity contribution < 1.29 is 9.90 Å². The Morgan fingerprint density at radius 3 is 2.42 bits per heavy atom. The van der Waals surface area contributed by atoms with Gasteiger partial charge >= 0.3 is 0 Å². The Morgan fingerprint density at radius 1 is 1.33 bits per heavy atom. The van der Waals surface area contributed by atoms with E-state index in [-0.39, 0.29) is 21.4 Å². The number of phenols is 1. The van der Waals surface area contributed by atoms with Gasteiger partial charge < -0.3 is 5.11 Å². The van der Waals surface area contributed by atoms with Crippen LogP contribution in [0.4, 0.5) is 0 Å². The number of benzene rings is 1. The maximum atomic E-state index is 10.7. The third kappa shape index (κ3) is 1.66. The highest BCUT2D eigenvalue weighted by Gasteiger charge is 2.13. The maximum Gasteiger partial charge on any atom is 0.254 e. The molecule has 12 heavy (non-hydrogen) atoms. The summed E-state index contributed by atoms with van der Waals surface area (Å²) in [4.78, 5) is 10.7. The van der Waals surface area contributed by atoms with Crippen LogP contribution in [0.3, 0.4) is 0 Å². The number of carbonyl (C=O) groups excluding carboxylic acids is 1. The molecule has 0 heterocycles. The SMILES string of the molecule is O=C(Cl)c1ccc(Cl)c(O)c1Cl. The zero-order valence-electron chi connectivity index (χ0n) is 5.64. The van der Waals surface area contributed by atoms with Crippen LogP contribution in [0.1, 0.15) is 10.4 Å². The summed E-state index contributed by atoms with van der Waals surface area (Å²) in [7, 11) is 0. The van der Waals surface area contributed by atoms with E-state index in [0.29, 0.717) is 0 Å². The molecular formula is C7H3Cl3O2. The molecule has 0 amide bonds. The molecule has 2 nitrogen and oxygen atoms in total. The van der Waals surface area contributed by atoms with Crippen LogP contribution in [-0.2, 0) is 0 Å². The third-order valence-corrected chi connectivity index (χ3v) is 2.17. The van der Waals surface area contributed by atoms with Crippen LogP contribution in [0.2, 0.25) is 10.0 Å². The lowest BCUT2D eigenvalue weighted by atomic mass is 10.2. The summed E-state index contributed by atoms with van der Waals surface area (Å²) >= 11 is 16.2. The monoisotopic (exact) mass is 224 g/mol. The molecule has 0 fully saturated rings. The molecular weight excluding hydrogens is 222 g/mol. The van der Waals surface area contributed by atoms with E-state index in [1.807, 2.05) is 0 Å².